The summed E-state index contributed by atoms with van der Waals surface area (Å²) in [7, 11) is 0. The van der Waals surface area contributed by atoms with E-state index in [0.717, 1.165) is 0 Å². The van der Waals surface area contributed by atoms with Gasteiger partial charge in [0.2, 0.25) is 0 Å². The van der Waals surface area contributed by atoms with E-state index in [-0.39, 0.29) is 5.82 Å². The van der Waals surface area contributed by atoms with Crippen molar-refractivity contribution in [1.82, 2.24) is 4.57 Å². The molecule has 0 fully saturated rings. The number of aromatic nitrogens is 1. The third-order valence-electron chi connectivity index (χ3n) is 2.24. The van der Waals surface area contributed by atoms with Crippen LogP contribution < -0.4 is 0 Å². The first-order valence-electron chi connectivity index (χ1n) is 5.37. The Morgan fingerprint density at radius 1 is 1.29 bits per heavy atom. The molecule has 90 valence electrons. The molecule has 0 N–H and O–H groups in total. The van der Waals surface area contributed by atoms with Crippen molar-refractivity contribution >= 4 is 17.0 Å². The molecule has 1 heterocycles. The van der Waals surface area contributed by atoms with Crippen molar-refractivity contribution in [3.63, 3.8) is 0 Å². The highest BCUT2D eigenvalue weighted by atomic mass is 18.2. The molecule has 17 heavy (non-hydrogen) atoms. The summed E-state index contributed by atoms with van der Waals surface area (Å²) in [5, 5.41) is 0.677. The quantitative estimate of drug-likeness (QED) is 0.697. The second-order valence-electron chi connectivity index (χ2n) is 4.87. The first-order chi connectivity index (χ1) is 7.87. The van der Waals surface area contributed by atoms with Gasteiger partial charge in [-0.25, -0.2) is 9.18 Å². The van der Waals surface area contributed by atoms with E-state index < -0.39 is 11.7 Å². The fourth-order valence-corrected chi connectivity index (χ4v) is 1.58. The summed E-state index contributed by atoms with van der Waals surface area (Å²) in [5.41, 5.74) is 0.0916. The second-order valence-corrected chi connectivity index (χ2v) is 4.87. The molecule has 0 aliphatic carbocycles. The van der Waals surface area contributed by atoms with Gasteiger partial charge in [-0.15, -0.1) is 0 Å². The van der Waals surface area contributed by atoms with E-state index in [1.807, 2.05) is 0 Å². The Kier molecular flexibility index (Phi) is 2.65. The van der Waals surface area contributed by atoms with Crippen LogP contribution >= 0.6 is 0 Å². The Labute approximate surface area is 98.8 Å². The lowest BCUT2D eigenvalue weighted by Gasteiger charge is -2.19. The molecule has 1 aromatic heterocycles. The number of carbonyl (C=O) groups excluding carboxylic acids is 1. The molecule has 0 radical (unpaired) electrons. The molecule has 0 amide bonds. The van der Waals surface area contributed by atoms with Crippen LogP contribution in [0, 0.1) is 5.82 Å². The first-order valence-corrected chi connectivity index (χ1v) is 5.37. The van der Waals surface area contributed by atoms with E-state index in [0.29, 0.717) is 10.9 Å². The van der Waals surface area contributed by atoms with Gasteiger partial charge in [0, 0.05) is 11.6 Å². The van der Waals surface area contributed by atoms with Gasteiger partial charge in [-0.05, 0) is 45.0 Å². The monoisotopic (exact) mass is 234 g/mol. The largest absolute Gasteiger partial charge is 0.443 e. The predicted molar refractivity (Wildman–Crippen MR) is 63.5 cm³/mol. The van der Waals surface area contributed by atoms with Crippen LogP contribution in [-0.4, -0.2) is 16.3 Å². The Morgan fingerprint density at radius 2 is 2.00 bits per heavy atom. The maximum atomic E-state index is 13.0. The highest BCUT2D eigenvalue weighted by molar-refractivity contribution is 5.89. The molecular formula is C13H14FNO2. The van der Waals surface area contributed by atoms with Crippen LogP contribution in [0.3, 0.4) is 0 Å². The average Bonchev–Trinajstić information content (AvgIpc) is 2.57. The van der Waals surface area contributed by atoms with Gasteiger partial charge in [0.05, 0.1) is 5.52 Å². The zero-order chi connectivity index (χ0) is 12.6. The van der Waals surface area contributed by atoms with E-state index in [2.05, 4.69) is 0 Å². The van der Waals surface area contributed by atoms with Gasteiger partial charge in [-0.2, -0.15) is 0 Å². The molecular weight excluding hydrogens is 220 g/mol. The molecule has 3 nitrogen and oxygen atoms in total. The van der Waals surface area contributed by atoms with E-state index in [4.69, 9.17) is 4.74 Å². The fraction of sp³-hybridized carbons (Fsp3) is 0.308. The van der Waals surface area contributed by atoms with Crippen LogP contribution in [0.4, 0.5) is 9.18 Å². The zero-order valence-corrected chi connectivity index (χ0v) is 10.0. The summed E-state index contributed by atoms with van der Waals surface area (Å²) < 4.78 is 19.6. The van der Waals surface area contributed by atoms with Crippen LogP contribution in [-0.2, 0) is 4.74 Å². The number of hydrogen-bond acceptors (Lipinski definition) is 2. The minimum Gasteiger partial charge on any atom is -0.443 e. The summed E-state index contributed by atoms with van der Waals surface area (Å²) in [6.45, 7) is 5.41. The number of nitrogens with zero attached hydrogens (tertiary/aromatic N) is 1. The number of ether oxygens (including phenoxy) is 1. The Hall–Kier alpha value is -1.84. The number of benzene rings is 1. The zero-order valence-electron chi connectivity index (χ0n) is 10.0. The van der Waals surface area contributed by atoms with Gasteiger partial charge in [-0.3, -0.25) is 4.57 Å². The van der Waals surface area contributed by atoms with Gasteiger partial charge in [0.25, 0.3) is 0 Å². The van der Waals surface area contributed by atoms with Crippen LogP contribution in [0.5, 0.6) is 0 Å². The average molecular weight is 234 g/mol. The Bertz CT molecular complexity index is 566. The highest BCUT2D eigenvalue weighted by Crippen LogP contribution is 2.18. The third-order valence-corrected chi connectivity index (χ3v) is 2.24. The summed E-state index contributed by atoms with van der Waals surface area (Å²) in [5.74, 6) is -0.320. The lowest BCUT2D eigenvalue weighted by molar-refractivity contribution is 0.0544. The van der Waals surface area contributed by atoms with E-state index >= 15 is 0 Å². The van der Waals surface area contributed by atoms with Crippen LogP contribution in [0.15, 0.2) is 30.5 Å². The SMILES string of the molecule is CC(C)(C)OC(=O)n1ccc2cc([18F])ccc21. The van der Waals surface area contributed by atoms with Crippen molar-refractivity contribution in [3.05, 3.63) is 36.3 Å². The molecule has 1 aromatic carbocycles. The summed E-state index contributed by atoms with van der Waals surface area (Å²) in [4.78, 5) is 11.9. The number of halogens is 1. The van der Waals surface area contributed by atoms with Crippen LogP contribution in [0.1, 0.15) is 20.8 Å². The van der Waals surface area contributed by atoms with E-state index in [9.17, 15) is 9.18 Å². The van der Waals surface area contributed by atoms with E-state index in [1.165, 1.54) is 16.7 Å². The van der Waals surface area contributed by atoms with Crippen molar-refractivity contribution < 1.29 is 13.9 Å². The number of carbonyl (C=O) groups is 1. The summed E-state index contributed by atoms with van der Waals surface area (Å²) in [6.07, 6.45) is 1.12. The van der Waals surface area contributed by atoms with Crippen molar-refractivity contribution in [1.29, 1.82) is 0 Å². The maximum absolute atomic E-state index is 13.0. The number of rotatable bonds is 0. The molecule has 0 bridgehead atoms. The van der Waals surface area contributed by atoms with Gasteiger partial charge in [0.15, 0.2) is 0 Å². The molecule has 4 heteroatoms. The fourth-order valence-electron chi connectivity index (χ4n) is 1.58. The van der Waals surface area contributed by atoms with Crippen LogP contribution in [0.2, 0.25) is 0 Å². The van der Waals surface area contributed by atoms with Crippen molar-refractivity contribution in [2.75, 3.05) is 0 Å². The predicted octanol–water partition coefficient (Wildman–Crippen LogP) is 3.56. The van der Waals surface area contributed by atoms with Crippen LogP contribution in [0.25, 0.3) is 10.9 Å². The third kappa shape index (κ3) is 2.46. The van der Waals surface area contributed by atoms with Crippen molar-refractivity contribution in [2.45, 2.75) is 26.4 Å². The minimum absolute atomic E-state index is 0.320. The summed E-state index contributed by atoms with van der Waals surface area (Å²) in [6, 6.07) is 5.95. The van der Waals surface area contributed by atoms with Gasteiger partial charge < -0.3 is 4.74 Å². The van der Waals surface area contributed by atoms with Gasteiger partial charge >= 0.3 is 6.09 Å². The van der Waals surface area contributed by atoms with Gasteiger partial charge in [0.1, 0.15) is 11.4 Å². The molecule has 2 rings (SSSR count). The minimum atomic E-state index is -0.548. The molecule has 0 unspecified atom stereocenters. The normalized spacial score (nSPS) is 11.8. The van der Waals surface area contributed by atoms with Crippen molar-refractivity contribution in [3.8, 4) is 0 Å². The van der Waals surface area contributed by atoms with Gasteiger partial charge in [-0.1, -0.05) is 0 Å². The molecule has 0 saturated heterocycles. The van der Waals surface area contributed by atoms with Crippen molar-refractivity contribution in [2.24, 2.45) is 0 Å². The Balaban J connectivity index is 2.40. The second kappa shape index (κ2) is 3.87. The number of fused-ring (bicyclic) bond motifs is 1. The lowest BCUT2D eigenvalue weighted by atomic mass is 10.2. The standard InChI is InChI=1S/C13H14FNO2/c1-13(2,3)17-12(16)15-7-6-9-8-10(14)4-5-11(9)15/h4-8H,1-3H3/i14-1. The van der Waals surface area contributed by atoms with E-state index in [1.54, 1.807) is 39.1 Å². The molecule has 0 aliphatic heterocycles. The first kappa shape index (κ1) is 11.6. The smallest absolute Gasteiger partial charge is 0.418 e. The lowest BCUT2D eigenvalue weighted by Crippen LogP contribution is -2.26. The molecule has 0 atom stereocenters. The topological polar surface area (TPSA) is 31.2 Å². The Morgan fingerprint density at radius 3 is 2.65 bits per heavy atom. The maximum Gasteiger partial charge on any atom is 0.418 e. The summed E-state index contributed by atoms with van der Waals surface area (Å²) >= 11 is 0. The molecule has 0 spiro atoms. The molecule has 2 aromatic rings. The molecule has 0 saturated carbocycles. The molecule has 0 aliphatic rings. The highest BCUT2D eigenvalue weighted by Gasteiger charge is 2.18. The number of hydrogen-bond donors (Lipinski definition) is 0.